The molecule has 0 N–H and O–H groups in total. The molecular formula is C30H18N12Ru. The molecule has 43 heavy (non-hydrogen) atoms. The smallest absolute Gasteiger partial charge is 0.116 e. The van der Waals surface area contributed by atoms with Crippen LogP contribution in [0, 0.1) is 0 Å². The summed E-state index contributed by atoms with van der Waals surface area (Å²) in [6.07, 6.45) is 20.0. The molecule has 0 saturated heterocycles. The Bertz CT molecular complexity index is 1920. The Balaban J connectivity index is 0.000000113. The van der Waals surface area contributed by atoms with Gasteiger partial charge in [-0.3, -0.25) is 59.8 Å². The molecule has 0 fully saturated rings. The zero-order valence-electron chi connectivity index (χ0n) is 22.1. The van der Waals surface area contributed by atoms with Crippen molar-refractivity contribution in [3.05, 3.63) is 111 Å². The summed E-state index contributed by atoms with van der Waals surface area (Å²) in [6.45, 7) is 0. The van der Waals surface area contributed by atoms with E-state index in [1.54, 1.807) is 74.4 Å². The summed E-state index contributed by atoms with van der Waals surface area (Å²) in [5.74, 6) is 0. The van der Waals surface area contributed by atoms with Gasteiger partial charge in [0.15, 0.2) is 0 Å². The minimum Gasteiger partial charge on any atom is -0.253 e. The number of benzene rings is 3. The Hall–Kier alpha value is -5.68. The molecule has 0 amide bonds. The molecule has 6 aromatic heterocycles. The van der Waals surface area contributed by atoms with Crippen molar-refractivity contribution in [2.45, 2.75) is 0 Å². The van der Waals surface area contributed by atoms with Crippen LogP contribution in [-0.4, -0.2) is 59.8 Å². The van der Waals surface area contributed by atoms with E-state index in [1.807, 2.05) is 36.4 Å². The molecule has 0 bridgehead atoms. The van der Waals surface area contributed by atoms with E-state index in [4.69, 9.17) is 0 Å². The Morgan fingerprint density at radius 1 is 0.209 bits per heavy atom. The molecular weight excluding hydrogens is 629 g/mol. The molecule has 0 spiro atoms. The maximum atomic E-state index is 4.24. The van der Waals surface area contributed by atoms with Gasteiger partial charge in [-0.15, -0.1) is 0 Å². The van der Waals surface area contributed by atoms with E-state index in [-0.39, 0.29) is 19.5 Å². The van der Waals surface area contributed by atoms with Crippen molar-refractivity contribution < 1.29 is 19.5 Å². The summed E-state index contributed by atoms with van der Waals surface area (Å²) in [5, 5.41) is 0. The van der Waals surface area contributed by atoms with E-state index in [0.717, 1.165) is 66.2 Å². The second-order valence-electron chi connectivity index (χ2n) is 8.74. The van der Waals surface area contributed by atoms with Crippen LogP contribution >= 0.6 is 0 Å². The molecule has 9 aromatic rings. The third kappa shape index (κ3) is 5.61. The van der Waals surface area contributed by atoms with E-state index in [9.17, 15) is 0 Å². The fraction of sp³-hybridized carbons (Fsp3) is 0. The fourth-order valence-electron chi connectivity index (χ4n) is 4.39. The normalized spacial score (nSPS) is 10.6. The topological polar surface area (TPSA) is 155 Å². The molecule has 6 heterocycles. The largest absolute Gasteiger partial charge is 0.253 e. The summed E-state index contributed by atoms with van der Waals surface area (Å²) < 4.78 is 0. The molecule has 3 aromatic carbocycles. The van der Waals surface area contributed by atoms with Crippen LogP contribution < -0.4 is 0 Å². The van der Waals surface area contributed by atoms with Crippen LogP contribution in [0.15, 0.2) is 111 Å². The van der Waals surface area contributed by atoms with Crippen LogP contribution in [0.2, 0.25) is 0 Å². The Kier molecular flexibility index (Phi) is 7.96. The first-order valence-electron chi connectivity index (χ1n) is 12.8. The third-order valence-corrected chi connectivity index (χ3v) is 6.23. The van der Waals surface area contributed by atoms with Crippen molar-refractivity contribution in [3.8, 4) is 0 Å². The van der Waals surface area contributed by atoms with Crippen molar-refractivity contribution in [1.29, 1.82) is 0 Å². The van der Waals surface area contributed by atoms with Crippen molar-refractivity contribution in [2.75, 3.05) is 0 Å². The number of hydrogen-bond acceptors (Lipinski definition) is 12. The van der Waals surface area contributed by atoms with Crippen molar-refractivity contribution in [2.24, 2.45) is 0 Å². The first-order valence-corrected chi connectivity index (χ1v) is 12.8. The molecule has 12 nitrogen and oxygen atoms in total. The van der Waals surface area contributed by atoms with Crippen molar-refractivity contribution in [1.82, 2.24) is 59.8 Å². The summed E-state index contributed by atoms with van der Waals surface area (Å²) in [7, 11) is 0. The van der Waals surface area contributed by atoms with Gasteiger partial charge in [0.05, 0.1) is 33.1 Å². The van der Waals surface area contributed by atoms with Gasteiger partial charge in [-0.1, -0.05) is 0 Å². The van der Waals surface area contributed by atoms with Crippen LogP contribution in [0.1, 0.15) is 0 Å². The Morgan fingerprint density at radius 2 is 0.349 bits per heavy atom. The van der Waals surface area contributed by atoms with Gasteiger partial charge in [-0.2, -0.15) is 0 Å². The molecule has 206 valence electrons. The molecule has 0 radical (unpaired) electrons. The van der Waals surface area contributed by atoms with Gasteiger partial charge in [-0.05, 0) is 36.4 Å². The van der Waals surface area contributed by atoms with E-state index < -0.39 is 0 Å². The molecule has 13 heteroatoms. The summed E-state index contributed by atoms with van der Waals surface area (Å²) in [5.41, 5.74) is 9.91. The quantitative estimate of drug-likeness (QED) is 0.165. The first kappa shape index (κ1) is 27.5. The van der Waals surface area contributed by atoms with Gasteiger partial charge in [0, 0.05) is 93.8 Å². The van der Waals surface area contributed by atoms with Gasteiger partial charge in [0.1, 0.15) is 33.1 Å². The van der Waals surface area contributed by atoms with Crippen molar-refractivity contribution >= 4 is 66.2 Å². The Labute approximate surface area is 255 Å². The van der Waals surface area contributed by atoms with Gasteiger partial charge < -0.3 is 0 Å². The standard InChI is InChI=1S/3C10H6N4.Ru/c3*1-2-8-10(14-6-4-12-8)9-7(1)11-3-5-13-9;/h3*1-6H;. The van der Waals surface area contributed by atoms with Gasteiger partial charge in [-0.25, -0.2) is 0 Å². The van der Waals surface area contributed by atoms with E-state index in [0.29, 0.717) is 0 Å². The van der Waals surface area contributed by atoms with Crippen molar-refractivity contribution in [3.63, 3.8) is 0 Å². The van der Waals surface area contributed by atoms with Gasteiger partial charge in [0.2, 0.25) is 0 Å². The molecule has 0 aliphatic heterocycles. The summed E-state index contributed by atoms with van der Waals surface area (Å²) in [6, 6.07) is 11.4. The molecule has 0 atom stereocenters. The van der Waals surface area contributed by atoms with E-state index >= 15 is 0 Å². The number of nitrogens with zero attached hydrogens (tertiary/aromatic N) is 12. The minimum absolute atomic E-state index is 0. The molecule has 0 aliphatic rings. The number of rotatable bonds is 0. The average molecular weight is 648 g/mol. The Morgan fingerprint density at radius 3 is 0.512 bits per heavy atom. The molecule has 0 unspecified atom stereocenters. The maximum absolute atomic E-state index is 4.24. The zero-order valence-corrected chi connectivity index (χ0v) is 23.9. The van der Waals surface area contributed by atoms with E-state index in [1.165, 1.54) is 0 Å². The van der Waals surface area contributed by atoms with Crippen LogP contribution in [-0.2, 0) is 19.5 Å². The predicted octanol–water partition coefficient (Wildman–Crippen LogP) is 4.72. The van der Waals surface area contributed by atoms with Gasteiger partial charge >= 0.3 is 0 Å². The SMILES string of the molecule is [Ru].c1cnc2c(ccc3nccnc32)n1.c1cnc2c(ccc3nccnc32)n1.c1cnc2c(ccc3nccnc32)n1. The molecule has 0 saturated carbocycles. The average Bonchev–Trinajstić information content (AvgIpc) is 3.09. The molecule has 0 aliphatic carbocycles. The van der Waals surface area contributed by atoms with Crippen LogP contribution in [0.3, 0.4) is 0 Å². The minimum atomic E-state index is 0. The second kappa shape index (κ2) is 12.5. The monoisotopic (exact) mass is 648 g/mol. The van der Waals surface area contributed by atoms with E-state index in [2.05, 4.69) is 59.8 Å². The second-order valence-corrected chi connectivity index (χ2v) is 8.74. The summed E-state index contributed by atoms with van der Waals surface area (Å²) >= 11 is 0. The maximum Gasteiger partial charge on any atom is 0.116 e. The molecule has 9 rings (SSSR count). The predicted molar refractivity (Wildman–Crippen MR) is 158 cm³/mol. The van der Waals surface area contributed by atoms with Gasteiger partial charge in [0.25, 0.3) is 0 Å². The third-order valence-electron chi connectivity index (χ3n) is 6.23. The first-order chi connectivity index (χ1) is 20.8. The fourth-order valence-corrected chi connectivity index (χ4v) is 4.39. The number of aromatic nitrogens is 12. The van der Waals surface area contributed by atoms with Crippen LogP contribution in [0.4, 0.5) is 0 Å². The summed E-state index contributed by atoms with van der Waals surface area (Å²) in [4.78, 5) is 50.7. The zero-order chi connectivity index (χ0) is 28.1. The number of hydrogen-bond donors (Lipinski definition) is 0. The van der Waals surface area contributed by atoms with Crippen LogP contribution in [0.5, 0.6) is 0 Å². The number of fused-ring (bicyclic) bond motifs is 9. The van der Waals surface area contributed by atoms with Crippen LogP contribution in [0.25, 0.3) is 66.2 Å².